The summed E-state index contributed by atoms with van der Waals surface area (Å²) in [5.74, 6) is 0. The lowest BCUT2D eigenvalue weighted by Crippen LogP contribution is -2.35. The molecule has 1 aliphatic heterocycles. The fourth-order valence-corrected chi connectivity index (χ4v) is 6.74. The van der Waals surface area contributed by atoms with Gasteiger partial charge in [-0.3, -0.25) is 4.72 Å². The third-order valence-corrected chi connectivity index (χ3v) is 9.06. The van der Waals surface area contributed by atoms with Crippen molar-refractivity contribution in [2.24, 2.45) is 0 Å². The summed E-state index contributed by atoms with van der Waals surface area (Å²) in [4.78, 5) is -0.356. The van der Waals surface area contributed by atoms with Gasteiger partial charge in [-0.25, -0.2) is 16.8 Å². The molecule has 0 bridgehead atoms. The van der Waals surface area contributed by atoms with Gasteiger partial charge < -0.3 is 0 Å². The summed E-state index contributed by atoms with van der Waals surface area (Å²) in [6.07, 6.45) is 2.52. The Balaban J connectivity index is 1.96. The molecule has 1 fully saturated rings. The first-order valence-electron chi connectivity index (χ1n) is 8.39. The Bertz CT molecular complexity index is 1100. The quantitative estimate of drug-likeness (QED) is 0.672. The normalized spacial score (nSPS) is 16.1. The van der Waals surface area contributed by atoms with Crippen molar-refractivity contribution in [1.82, 2.24) is 4.31 Å². The molecule has 2 aromatic carbocycles. The number of rotatable bonds is 5. The van der Waals surface area contributed by atoms with E-state index < -0.39 is 20.0 Å². The topological polar surface area (TPSA) is 83.5 Å². The number of hydrogen-bond donors (Lipinski definition) is 1. The van der Waals surface area contributed by atoms with E-state index in [0.717, 1.165) is 19.3 Å². The summed E-state index contributed by atoms with van der Waals surface area (Å²) >= 11 is 18.0. The molecule has 0 spiro atoms. The van der Waals surface area contributed by atoms with Gasteiger partial charge in [-0.1, -0.05) is 47.3 Å². The van der Waals surface area contributed by atoms with Crippen molar-refractivity contribution < 1.29 is 16.8 Å². The number of piperidine rings is 1. The maximum atomic E-state index is 12.9. The second-order valence-electron chi connectivity index (χ2n) is 6.27. The van der Waals surface area contributed by atoms with Crippen LogP contribution in [0.15, 0.2) is 46.2 Å². The number of hydrogen-bond acceptors (Lipinski definition) is 4. The predicted molar refractivity (Wildman–Crippen MR) is 111 cm³/mol. The van der Waals surface area contributed by atoms with Gasteiger partial charge in [0.15, 0.2) is 0 Å². The van der Waals surface area contributed by atoms with Crippen LogP contribution in [0.1, 0.15) is 19.3 Å². The molecule has 3 rings (SSSR count). The first-order valence-corrected chi connectivity index (χ1v) is 12.5. The van der Waals surface area contributed by atoms with Crippen molar-refractivity contribution in [1.29, 1.82) is 0 Å². The fraction of sp³-hybridized carbons (Fsp3) is 0.294. The van der Waals surface area contributed by atoms with E-state index in [1.165, 1.54) is 40.7 Å². The molecular weight excluding hydrogens is 467 g/mol. The molecule has 0 aromatic heterocycles. The van der Waals surface area contributed by atoms with Crippen LogP contribution < -0.4 is 4.72 Å². The van der Waals surface area contributed by atoms with Gasteiger partial charge >= 0.3 is 0 Å². The standard InChI is InChI=1S/C17H17Cl3N2O4S2/c18-13-8-7-12(11-16(13)28(25,26)22-9-2-1-3-10-22)21-27(23,24)15-6-4-5-14(19)17(15)20/h4-8,11,21H,1-3,9-10H2. The largest absolute Gasteiger partial charge is 0.280 e. The molecule has 1 N–H and O–H groups in total. The van der Waals surface area contributed by atoms with Crippen molar-refractivity contribution in [3.63, 3.8) is 0 Å². The average molecular weight is 484 g/mol. The Morgan fingerprint density at radius 1 is 0.821 bits per heavy atom. The van der Waals surface area contributed by atoms with E-state index in [1.54, 1.807) is 0 Å². The van der Waals surface area contributed by atoms with Crippen LogP contribution in [0.5, 0.6) is 0 Å². The van der Waals surface area contributed by atoms with Crippen LogP contribution in [-0.2, 0) is 20.0 Å². The highest BCUT2D eigenvalue weighted by Crippen LogP contribution is 2.33. The summed E-state index contributed by atoms with van der Waals surface area (Å²) in [6.45, 7) is 0.819. The molecular formula is C17H17Cl3N2O4S2. The molecule has 1 aliphatic rings. The summed E-state index contributed by atoms with van der Waals surface area (Å²) in [6, 6.07) is 8.16. The second kappa shape index (κ2) is 8.38. The van der Waals surface area contributed by atoms with E-state index in [-0.39, 0.29) is 30.5 Å². The highest BCUT2D eigenvalue weighted by atomic mass is 35.5. The zero-order valence-electron chi connectivity index (χ0n) is 14.5. The number of nitrogens with one attached hydrogen (secondary N) is 1. The lowest BCUT2D eigenvalue weighted by atomic mass is 10.2. The smallest absolute Gasteiger partial charge is 0.263 e. The van der Waals surface area contributed by atoms with Gasteiger partial charge in [0.05, 0.1) is 20.8 Å². The minimum Gasteiger partial charge on any atom is -0.280 e. The molecule has 0 saturated carbocycles. The molecule has 2 aromatic rings. The van der Waals surface area contributed by atoms with Crippen molar-refractivity contribution in [2.75, 3.05) is 17.8 Å². The Hall–Kier alpha value is -1.03. The van der Waals surface area contributed by atoms with Crippen LogP contribution in [0.2, 0.25) is 15.1 Å². The van der Waals surface area contributed by atoms with E-state index >= 15 is 0 Å². The average Bonchev–Trinajstić information content (AvgIpc) is 2.65. The highest BCUT2D eigenvalue weighted by molar-refractivity contribution is 7.93. The van der Waals surface area contributed by atoms with Crippen LogP contribution in [0, 0.1) is 0 Å². The molecule has 1 saturated heterocycles. The first kappa shape index (κ1) is 21.7. The molecule has 0 atom stereocenters. The molecule has 152 valence electrons. The molecule has 11 heteroatoms. The van der Waals surface area contributed by atoms with Crippen LogP contribution >= 0.6 is 34.8 Å². The van der Waals surface area contributed by atoms with Crippen molar-refractivity contribution in [3.05, 3.63) is 51.5 Å². The number of sulfonamides is 2. The first-order chi connectivity index (χ1) is 13.1. The Kier molecular flexibility index (Phi) is 6.48. The summed E-state index contributed by atoms with van der Waals surface area (Å²) in [5.41, 5.74) is 0.0519. The summed E-state index contributed by atoms with van der Waals surface area (Å²) in [5, 5.41) is -0.00452. The van der Waals surface area contributed by atoms with Gasteiger partial charge in [0.2, 0.25) is 10.0 Å². The molecule has 28 heavy (non-hydrogen) atoms. The molecule has 0 unspecified atom stereocenters. The van der Waals surface area contributed by atoms with Crippen LogP contribution in [0.3, 0.4) is 0 Å². The zero-order valence-corrected chi connectivity index (χ0v) is 18.4. The van der Waals surface area contributed by atoms with Crippen molar-refractivity contribution in [3.8, 4) is 0 Å². The van der Waals surface area contributed by atoms with E-state index in [1.807, 2.05) is 0 Å². The van der Waals surface area contributed by atoms with Crippen LogP contribution in [-0.4, -0.2) is 34.2 Å². The maximum Gasteiger partial charge on any atom is 0.263 e. The zero-order chi connectivity index (χ0) is 20.5. The van der Waals surface area contributed by atoms with Crippen molar-refractivity contribution >= 4 is 60.5 Å². The van der Waals surface area contributed by atoms with E-state index in [4.69, 9.17) is 34.8 Å². The monoisotopic (exact) mass is 482 g/mol. The van der Waals surface area contributed by atoms with E-state index in [0.29, 0.717) is 13.1 Å². The van der Waals surface area contributed by atoms with Gasteiger partial charge in [0.1, 0.15) is 9.79 Å². The third-order valence-electron chi connectivity index (χ3n) is 4.32. The number of halogens is 3. The van der Waals surface area contributed by atoms with E-state index in [9.17, 15) is 16.8 Å². The minimum absolute atomic E-state index is 0.0225. The molecule has 0 radical (unpaired) electrons. The third kappa shape index (κ3) is 4.42. The lowest BCUT2D eigenvalue weighted by Gasteiger charge is -2.26. The van der Waals surface area contributed by atoms with Gasteiger partial charge in [-0.05, 0) is 43.2 Å². The summed E-state index contributed by atoms with van der Waals surface area (Å²) in [7, 11) is -7.92. The van der Waals surface area contributed by atoms with Crippen LogP contribution in [0.25, 0.3) is 0 Å². The maximum absolute atomic E-state index is 12.9. The second-order valence-corrected chi connectivity index (χ2v) is 11.0. The van der Waals surface area contributed by atoms with E-state index in [2.05, 4.69) is 4.72 Å². The molecule has 6 nitrogen and oxygen atoms in total. The Labute approximate surface area is 179 Å². The lowest BCUT2D eigenvalue weighted by molar-refractivity contribution is 0.346. The Morgan fingerprint density at radius 3 is 2.18 bits per heavy atom. The van der Waals surface area contributed by atoms with Gasteiger partial charge in [0, 0.05) is 13.1 Å². The Morgan fingerprint density at radius 2 is 1.50 bits per heavy atom. The summed E-state index contributed by atoms with van der Waals surface area (Å²) < 4.78 is 54.9. The SMILES string of the molecule is O=S(=O)(Nc1ccc(Cl)c(S(=O)(=O)N2CCCCC2)c1)c1cccc(Cl)c1Cl. The van der Waals surface area contributed by atoms with Crippen LogP contribution in [0.4, 0.5) is 5.69 Å². The highest BCUT2D eigenvalue weighted by Gasteiger charge is 2.29. The number of benzene rings is 2. The minimum atomic E-state index is -4.08. The van der Waals surface area contributed by atoms with Gasteiger partial charge in [0.25, 0.3) is 10.0 Å². The van der Waals surface area contributed by atoms with Gasteiger partial charge in [-0.2, -0.15) is 4.31 Å². The van der Waals surface area contributed by atoms with Gasteiger partial charge in [-0.15, -0.1) is 0 Å². The molecule has 0 amide bonds. The fourth-order valence-electron chi connectivity index (χ4n) is 2.91. The van der Waals surface area contributed by atoms with Crippen molar-refractivity contribution in [2.45, 2.75) is 29.1 Å². The molecule has 1 heterocycles. The molecule has 0 aliphatic carbocycles. The number of nitrogens with zero attached hydrogens (tertiary/aromatic N) is 1. The number of anilines is 1. The predicted octanol–water partition coefficient (Wildman–Crippen LogP) is 4.62.